The summed E-state index contributed by atoms with van der Waals surface area (Å²) in [5.41, 5.74) is 6.74. The molecule has 1 unspecified atom stereocenters. The number of carbonyl (C=O) groups excluding carboxylic acids is 1. The van der Waals surface area contributed by atoms with Crippen LogP contribution in [0.25, 0.3) is 22.6 Å². The van der Waals surface area contributed by atoms with Crippen LogP contribution in [0, 0.1) is 13.8 Å². The van der Waals surface area contributed by atoms with Crippen LogP contribution >= 0.6 is 0 Å². The maximum absolute atomic E-state index is 12.4. The summed E-state index contributed by atoms with van der Waals surface area (Å²) in [7, 11) is 0. The quantitative estimate of drug-likeness (QED) is 0.386. The Morgan fingerprint density at radius 2 is 1.93 bits per heavy atom. The summed E-state index contributed by atoms with van der Waals surface area (Å²) in [5, 5.41) is 11.4. The van der Waals surface area contributed by atoms with Gasteiger partial charge in [0.25, 0.3) is 5.56 Å². The normalized spacial score (nSPS) is 12.2. The SMILES string of the molecule is Cc1cc2nc3c(=O)[nH]c(=O)nc-3n(CC(=O)NCCC(N)C(=O)O)c2cc1C. The van der Waals surface area contributed by atoms with Crippen molar-refractivity contribution >= 4 is 22.9 Å². The number of aromatic amines is 1. The first-order valence-corrected chi connectivity index (χ1v) is 8.84. The Bertz CT molecular complexity index is 1200. The maximum Gasteiger partial charge on any atom is 0.349 e. The molecule has 1 amide bonds. The number of carbonyl (C=O) groups is 2. The molecule has 0 radical (unpaired) electrons. The monoisotopic (exact) mass is 400 g/mol. The number of nitrogens with two attached hydrogens (primary N) is 1. The number of carboxylic acids is 1. The lowest BCUT2D eigenvalue weighted by atomic mass is 10.1. The first-order chi connectivity index (χ1) is 13.7. The van der Waals surface area contributed by atoms with Gasteiger partial charge in [-0.25, -0.2) is 9.78 Å². The van der Waals surface area contributed by atoms with E-state index in [9.17, 15) is 19.2 Å². The van der Waals surface area contributed by atoms with Crippen LogP contribution in [0.2, 0.25) is 0 Å². The van der Waals surface area contributed by atoms with E-state index in [-0.39, 0.29) is 31.0 Å². The van der Waals surface area contributed by atoms with E-state index in [1.165, 1.54) is 4.57 Å². The second-order valence-corrected chi connectivity index (χ2v) is 6.75. The van der Waals surface area contributed by atoms with Gasteiger partial charge in [-0.15, -0.1) is 0 Å². The summed E-state index contributed by atoms with van der Waals surface area (Å²) in [4.78, 5) is 57.4. The molecule has 1 atom stereocenters. The Morgan fingerprint density at radius 3 is 2.62 bits per heavy atom. The fraction of sp³-hybridized carbons (Fsp3) is 0.333. The minimum absolute atomic E-state index is 0.00751. The minimum Gasteiger partial charge on any atom is -0.480 e. The Balaban J connectivity index is 2.03. The predicted octanol–water partition coefficient (Wildman–Crippen LogP) is -0.880. The van der Waals surface area contributed by atoms with E-state index in [4.69, 9.17) is 10.8 Å². The molecule has 0 aromatic heterocycles. The maximum atomic E-state index is 12.4. The molecule has 5 N–H and O–H groups in total. The lowest BCUT2D eigenvalue weighted by Crippen LogP contribution is -2.37. The van der Waals surface area contributed by atoms with Gasteiger partial charge in [0, 0.05) is 6.54 Å². The number of fused-ring (bicyclic) bond motifs is 2. The minimum atomic E-state index is -1.16. The standard InChI is InChI=1S/C18H20N6O5/c1-8-5-11-12(6-9(8)2)24(7-13(25)20-4-3-10(19)17(27)28)15-14(21-11)16(26)23-18(29)22-15/h5-6,10H,3-4,7,19H2,1-2H3,(H,20,25)(H,27,28)(H,23,26,29). The molecule has 0 aliphatic carbocycles. The second kappa shape index (κ2) is 7.80. The first kappa shape index (κ1) is 20.1. The number of H-pyrrole nitrogens is 1. The summed E-state index contributed by atoms with van der Waals surface area (Å²) in [6.07, 6.45) is 0.0600. The van der Waals surface area contributed by atoms with Crippen LogP contribution in [0.5, 0.6) is 0 Å². The van der Waals surface area contributed by atoms with Gasteiger partial charge in [0.1, 0.15) is 12.6 Å². The van der Waals surface area contributed by atoms with Crippen molar-refractivity contribution in [3.05, 3.63) is 44.1 Å². The third kappa shape index (κ3) is 4.14. The van der Waals surface area contributed by atoms with Crippen LogP contribution in [0.15, 0.2) is 21.7 Å². The number of aryl methyl sites for hydroxylation is 2. The van der Waals surface area contributed by atoms with Gasteiger partial charge in [-0.2, -0.15) is 4.98 Å². The number of carboxylic acid groups (broad SMARTS) is 1. The highest BCUT2D eigenvalue weighted by molar-refractivity contribution is 5.84. The van der Waals surface area contributed by atoms with Gasteiger partial charge in [0.05, 0.1) is 11.0 Å². The average Bonchev–Trinajstić information content (AvgIpc) is 2.63. The zero-order chi connectivity index (χ0) is 21.3. The molecule has 11 heteroatoms. The van der Waals surface area contributed by atoms with E-state index in [1.54, 1.807) is 12.1 Å². The molecule has 0 saturated carbocycles. The number of nitrogens with zero attached hydrogens (tertiary/aromatic N) is 3. The number of aromatic nitrogens is 4. The third-order valence-electron chi connectivity index (χ3n) is 4.62. The molecular weight excluding hydrogens is 380 g/mol. The Hall–Kier alpha value is -3.60. The van der Waals surface area contributed by atoms with Crippen molar-refractivity contribution in [1.29, 1.82) is 0 Å². The number of benzene rings is 1. The van der Waals surface area contributed by atoms with Gasteiger partial charge in [0.2, 0.25) is 5.91 Å². The topological polar surface area (TPSA) is 173 Å². The summed E-state index contributed by atoms with van der Waals surface area (Å²) in [6, 6.07) is 2.51. The van der Waals surface area contributed by atoms with Crippen molar-refractivity contribution in [3.8, 4) is 11.5 Å². The van der Waals surface area contributed by atoms with Gasteiger partial charge in [-0.3, -0.25) is 19.4 Å². The molecular formula is C18H20N6O5. The molecule has 1 aromatic rings. The largest absolute Gasteiger partial charge is 0.480 e. The fourth-order valence-corrected chi connectivity index (χ4v) is 2.90. The highest BCUT2D eigenvalue weighted by atomic mass is 16.4. The smallest absolute Gasteiger partial charge is 0.349 e. The third-order valence-corrected chi connectivity index (χ3v) is 4.62. The molecule has 2 aliphatic rings. The number of rotatable bonds is 6. The van der Waals surface area contributed by atoms with Crippen LogP contribution in [0.3, 0.4) is 0 Å². The van der Waals surface area contributed by atoms with Gasteiger partial charge in [-0.1, -0.05) is 0 Å². The van der Waals surface area contributed by atoms with E-state index >= 15 is 0 Å². The van der Waals surface area contributed by atoms with Crippen LogP contribution in [-0.4, -0.2) is 49.1 Å². The van der Waals surface area contributed by atoms with Gasteiger partial charge in [0.15, 0.2) is 11.5 Å². The molecule has 29 heavy (non-hydrogen) atoms. The second-order valence-electron chi connectivity index (χ2n) is 6.75. The molecule has 0 fully saturated rings. The van der Waals surface area contributed by atoms with Crippen molar-refractivity contribution in [2.75, 3.05) is 6.54 Å². The Morgan fingerprint density at radius 1 is 1.24 bits per heavy atom. The summed E-state index contributed by atoms with van der Waals surface area (Å²) >= 11 is 0. The number of hydrogen-bond acceptors (Lipinski definition) is 7. The molecule has 2 heterocycles. The molecule has 0 saturated heterocycles. The first-order valence-electron chi connectivity index (χ1n) is 8.84. The lowest BCUT2D eigenvalue weighted by Gasteiger charge is -2.17. The molecule has 0 bridgehead atoms. The lowest BCUT2D eigenvalue weighted by molar-refractivity contribution is -0.138. The number of amides is 1. The van der Waals surface area contributed by atoms with Gasteiger partial charge >= 0.3 is 11.7 Å². The van der Waals surface area contributed by atoms with E-state index in [0.717, 1.165) is 11.1 Å². The van der Waals surface area contributed by atoms with E-state index < -0.39 is 29.2 Å². The predicted molar refractivity (Wildman–Crippen MR) is 104 cm³/mol. The summed E-state index contributed by atoms with van der Waals surface area (Å²) < 4.78 is 1.45. The van der Waals surface area contributed by atoms with E-state index in [0.29, 0.717) is 11.0 Å². The summed E-state index contributed by atoms with van der Waals surface area (Å²) in [5.74, 6) is -1.61. The number of hydrogen-bond donors (Lipinski definition) is 4. The highest BCUT2D eigenvalue weighted by Crippen LogP contribution is 2.23. The Labute approximate surface area is 163 Å². The van der Waals surface area contributed by atoms with Crippen LogP contribution in [-0.2, 0) is 16.1 Å². The van der Waals surface area contributed by atoms with Crippen LogP contribution in [0.4, 0.5) is 0 Å². The van der Waals surface area contributed by atoms with Crippen molar-refractivity contribution in [3.63, 3.8) is 0 Å². The van der Waals surface area contributed by atoms with Crippen LogP contribution < -0.4 is 22.3 Å². The van der Waals surface area contributed by atoms with Crippen molar-refractivity contribution in [2.45, 2.75) is 32.9 Å². The number of aliphatic carboxylic acids is 1. The molecule has 0 spiro atoms. The van der Waals surface area contributed by atoms with E-state index in [1.807, 2.05) is 13.8 Å². The van der Waals surface area contributed by atoms with E-state index in [2.05, 4.69) is 20.3 Å². The van der Waals surface area contributed by atoms with Crippen LogP contribution in [0.1, 0.15) is 17.5 Å². The zero-order valence-corrected chi connectivity index (χ0v) is 15.9. The summed E-state index contributed by atoms with van der Waals surface area (Å²) in [6.45, 7) is 3.61. The molecule has 152 valence electrons. The van der Waals surface area contributed by atoms with Gasteiger partial charge in [-0.05, 0) is 43.5 Å². The molecule has 1 aromatic carbocycles. The number of nitrogens with one attached hydrogen (secondary N) is 2. The molecule has 2 aliphatic heterocycles. The highest BCUT2D eigenvalue weighted by Gasteiger charge is 2.21. The Kier molecular flexibility index (Phi) is 5.41. The molecule has 11 nitrogen and oxygen atoms in total. The van der Waals surface area contributed by atoms with Crippen molar-refractivity contribution < 1.29 is 14.7 Å². The molecule has 3 rings (SSSR count). The fourth-order valence-electron chi connectivity index (χ4n) is 2.90. The average molecular weight is 400 g/mol. The zero-order valence-electron chi connectivity index (χ0n) is 15.9. The van der Waals surface area contributed by atoms with Crippen molar-refractivity contribution in [1.82, 2.24) is 24.8 Å². The van der Waals surface area contributed by atoms with Gasteiger partial charge < -0.3 is 20.7 Å². The van der Waals surface area contributed by atoms with Crippen molar-refractivity contribution in [2.24, 2.45) is 5.73 Å².